The Kier molecular flexibility index (Phi) is 4.86. The van der Waals surface area contributed by atoms with E-state index in [0.29, 0.717) is 28.9 Å². The first-order valence-corrected chi connectivity index (χ1v) is 10.5. The van der Waals surface area contributed by atoms with Gasteiger partial charge in [0.05, 0.1) is 11.1 Å². The maximum Gasteiger partial charge on any atom is 0.336 e. The molecule has 0 aliphatic heterocycles. The third-order valence-corrected chi connectivity index (χ3v) is 5.79. The number of aromatic carboxylic acids is 1. The minimum Gasteiger partial charge on any atom is -0.478 e. The largest absolute Gasteiger partial charge is 0.478 e. The normalized spacial score (nSPS) is 11.2. The fourth-order valence-corrected chi connectivity index (χ4v) is 4.12. The number of nitrogens with zero attached hydrogens (tertiary/aromatic N) is 1. The number of hydrogen-bond donors (Lipinski definition) is 2. The molecule has 0 aliphatic carbocycles. The molecule has 0 atom stereocenters. The van der Waals surface area contributed by atoms with Crippen molar-refractivity contribution < 1.29 is 14.3 Å². The Morgan fingerprint density at radius 2 is 1.75 bits per heavy atom. The van der Waals surface area contributed by atoms with Crippen molar-refractivity contribution in [2.24, 2.45) is 0 Å². The monoisotopic (exact) mass is 422 g/mol. The van der Waals surface area contributed by atoms with Crippen molar-refractivity contribution in [1.29, 1.82) is 0 Å². The molecule has 2 N–H and O–H groups in total. The zero-order chi connectivity index (χ0) is 22.2. The summed E-state index contributed by atoms with van der Waals surface area (Å²) in [7, 11) is 0. The van der Waals surface area contributed by atoms with Crippen LogP contribution in [-0.2, 0) is 6.54 Å². The minimum absolute atomic E-state index is 0.198. The van der Waals surface area contributed by atoms with Crippen LogP contribution in [0.25, 0.3) is 33.3 Å². The van der Waals surface area contributed by atoms with Crippen LogP contribution < -0.4 is 5.32 Å². The minimum atomic E-state index is -0.999. The zero-order valence-electron chi connectivity index (χ0n) is 17.8. The molecule has 0 bridgehead atoms. The highest BCUT2D eigenvalue weighted by Crippen LogP contribution is 2.36. The van der Waals surface area contributed by atoms with E-state index in [9.17, 15) is 9.90 Å². The van der Waals surface area contributed by atoms with Crippen molar-refractivity contribution in [3.8, 4) is 11.5 Å². The first-order chi connectivity index (χ1) is 15.5. The number of fused-ring (bicyclic) bond motifs is 2. The van der Waals surface area contributed by atoms with Gasteiger partial charge in [-0.15, -0.1) is 0 Å². The van der Waals surface area contributed by atoms with Gasteiger partial charge in [-0.05, 0) is 43.2 Å². The average Bonchev–Trinajstić information content (AvgIpc) is 3.15. The quantitative estimate of drug-likeness (QED) is 0.335. The van der Waals surface area contributed by atoms with Crippen LogP contribution in [0.5, 0.6) is 0 Å². The lowest BCUT2D eigenvalue weighted by molar-refractivity contribution is 0.0699. The van der Waals surface area contributed by atoms with Gasteiger partial charge in [-0.3, -0.25) is 0 Å². The Labute approximate surface area is 185 Å². The Bertz CT molecular complexity index is 1470. The van der Waals surface area contributed by atoms with Crippen molar-refractivity contribution in [2.75, 3.05) is 5.32 Å². The van der Waals surface area contributed by atoms with Gasteiger partial charge in [0, 0.05) is 28.6 Å². The molecule has 5 heteroatoms. The Hall–Kier alpha value is -4.12. The van der Waals surface area contributed by atoms with Gasteiger partial charge < -0.3 is 14.8 Å². The maximum atomic E-state index is 12.3. The Morgan fingerprint density at radius 1 is 1.00 bits per heavy atom. The number of pyridine rings is 1. The molecule has 5 nitrogen and oxygen atoms in total. The van der Waals surface area contributed by atoms with E-state index < -0.39 is 5.97 Å². The van der Waals surface area contributed by atoms with Crippen LogP contribution in [0, 0.1) is 13.8 Å². The Morgan fingerprint density at radius 3 is 2.50 bits per heavy atom. The third kappa shape index (κ3) is 3.38. The highest BCUT2D eigenvalue weighted by atomic mass is 16.4. The van der Waals surface area contributed by atoms with Crippen molar-refractivity contribution in [3.63, 3.8) is 0 Å². The summed E-state index contributed by atoms with van der Waals surface area (Å²) in [6.45, 7) is 4.50. The van der Waals surface area contributed by atoms with Crippen molar-refractivity contribution >= 4 is 33.5 Å². The fourth-order valence-electron chi connectivity index (χ4n) is 4.12. The number of benzene rings is 3. The lowest BCUT2D eigenvalue weighted by Gasteiger charge is -2.14. The van der Waals surface area contributed by atoms with Crippen LogP contribution >= 0.6 is 0 Å². The van der Waals surface area contributed by atoms with Gasteiger partial charge in [-0.25, -0.2) is 9.78 Å². The molecule has 0 unspecified atom stereocenters. The van der Waals surface area contributed by atoms with Crippen LogP contribution in [0.2, 0.25) is 0 Å². The predicted octanol–water partition coefficient (Wildman–Crippen LogP) is 6.58. The average molecular weight is 422 g/mol. The molecule has 0 saturated heterocycles. The standard InChI is InChI=1S/C27H22N2O3/c1-16-12-13-21(28-15-18-8-4-3-5-9-18)24-20(27(30)31)14-22(29-25(16)24)26-17(2)19-10-6-7-11-23(19)32-26/h3-14,28H,15H2,1-2H3,(H,30,31). The lowest BCUT2D eigenvalue weighted by Crippen LogP contribution is -2.06. The molecule has 2 aromatic heterocycles. The number of nitrogens with one attached hydrogen (secondary N) is 1. The number of aryl methyl sites for hydroxylation is 2. The first-order valence-electron chi connectivity index (χ1n) is 10.5. The van der Waals surface area contributed by atoms with E-state index >= 15 is 0 Å². The van der Waals surface area contributed by atoms with E-state index in [1.165, 1.54) is 0 Å². The molecule has 5 aromatic rings. The van der Waals surface area contributed by atoms with E-state index in [0.717, 1.165) is 33.3 Å². The molecule has 3 aromatic carbocycles. The van der Waals surface area contributed by atoms with Crippen LogP contribution in [0.4, 0.5) is 5.69 Å². The van der Waals surface area contributed by atoms with Crippen molar-refractivity contribution in [1.82, 2.24) is 4.98 Å². The highest BCUT2D eigenvalue weighted by Gasteiger charge is 2.21. The molecular formula is C27H22N2O3. The van der Waals surface area contributed by atoms with Gasteiger partial charge in [-0.2, -0.15) is 0 Å². The SMILES string of the molecule is Cc1c(-c2cc(C(=O)O)c3c(NCc4ccccc4)ccc(C)c3n2)oc2ccccc12. The van der Waals surface area contributed by atoms with Crippen LogP contribution in [-0.4, -0.2) is 16.1 Å². The molecule has 0 amide bonds. The smallest absolute Gasteiger partial charge is 0.336 e. The summed E-state index contributed by atoms with van der Waals surface area (Å²) < 4.78 is 6.07. The molecule has 2 heterocycles. The fraction of sp³-hybridized carbons (Fsp3) is 0.111. The molecule has 32 heavy (non-hydrogen) atoms. The molecule has 0 saturated carbocycles. The summed E-state index contributed by atoms with van der Waals surface area (Å²) in [4.78, 5) is 17.2. The first kappa shape index (κ1) is 19.8. The van der Waals surface area contributed by atoms with E-state index in [4.69, 9.17) is 9.40 Å². The second kappa shape index (κ2) is 7.85. The topological polar surface area (TPSA) is 75.4 Å². The molecule has 0 fully saturated rings. The summed E-state index contributed by atoms with van der Waals surface area (Å²) >= 11 is 0. The number of anilines is 1. The zero-order valence-corrected chi connectivity index (χ0v) is 17.8. The number of aromatic nitrogens is 1. The summed E-state index contributed by atoms with van der Waals surface area (Å²) in [6, 6.07) is 23.3. The van der Waals surface area contributed by atoms with Crippen molar-refractivity contribution in [2.45, 2.75) is 20.4 Å². The van der Waals surface area contributed by atoms with Crippen LogP contribution in [0.3, 0.4) is 0 Å². The van der Waals surface area contributed by atoms with Gasteiger partial charge in [-0.1, -0.05) is 54.6 Å². The van der Waals surface area contributed by atoms with Gasteiger partial charge >= 0.3 is 5.97 Å². The van der Waals surface area contributed by atoms with E-state index in [-0.39, 0.29) is 5.56 Å². The van der Waals surface area contributed by atoms with Gasteiger partial charge in [0.2, 0.25) is 0 Å². The molecule has 0 spiro atoms. The van der Waals surface area contributed by atoms with E-state index in [2.05, 4.69) is 5.32 Å². The van der Waals surface area contributed by atoms with Gasteiger partial charge in [0.15, 0.2) is 5.76 Å². The van der Waals surface area contributed by atoms with Gasteiger partial charge in [0.1, 0.15) is 11.3 Å². The second-order valence-electron chi connectivity index (χ2n) is 7.91. The van der Waals surface area contributed by atoms with E-state index in [1.807, 2.05) is 80.6 Å². The lowest BCUT2D eigenvalue weighted by atomic mass is 10.0. The number of furan rings is 1. The molecular weight excluding hydrogens is 400 g/mol. The predicted molar refractivity (Wildman–Crippen MR) is 127 cm³/mol. The summed E-state index contributed by atoms with van der Waals surface area (Å²) in [6.07, 6.45) is 0. The number of rotatable bonds is 5. The second-order valence-corrected chi connectivity index (χ2v) is 7.91. The molecule has 0 aliphatic rings. The molecule has 5 rings (SSSR count). The number of para-hydroxylation sites is 1. The molecule has 158 valence electrons. The Balaban J connectivity index is 1.68. The third-order valence-electron chi connectivity index (χ3n) is 5.79. The summed E-state index contributed by atoms with van der Waals surface area (Å²) in [5.41, 5.74) is 5.83. The van der Waals surface area contributed by atoms with Crippen LogP contribution in [0.15, 0.2) is 77.2 Å². The van der Waals surface area contributed by atoms with Crippen molar-refractivity contribution in [3.05, 3.63) is 95.1 Å². The van der Waals surface area contributed by atoms with E-state index in [1.54, 1.807) is 6.07 Å². The maximum absolute atomic E-state index is 12.3. The summed E-state index contributed by atoms with van der Waals surface area (Å²) in [5.74, 6) is -0.404. The van der Waals surface area contributed by atoms with Crippen LogP contribution in [0.1, 0.15) is 27.0 Å². The number of carboxylic acid groups (broad SMARTS) is 1. The number of carboxylic acids is 1. The number of hydrogen-bond acceptors (Lipinski definition) is 4. The van der Waals surface area contributed by atoms with Gasteiger partial charge in [0.25, 0.3) is 0 Å². The highest BCUT2D eigenvalue weighted by molar-refractivity contribution is 6.10. The summed E-state index contributed by atoms with van der Waals surface area (Å²) in [5, 5.41) is 15.1. The number of carbonyl (C=O) groups is 1. The molecule has 0 radical (unpaired) electrons.